The van der Waals surface area contributed by atoms with Crippen LogP contribution in [0.1, 0.15) is 4.88 Å². The number of hydrogen-bond acceptors (Lipinski definition) is 6. The summed E-state index contributed by atoms with van der Waals surface area (Å²) in [5, 5.41) is 10.6. The van der Waals surface area contributed by atoms with Gasteiger partial charge in [0.15, 0.2) is 0 Å². The van der Waals surface area contributed by atoms with Crippen molar-refractivity contribution in [3.8, 4) is 0 Å². The van der Waals surface area contributed by atoms with Crippen molar-refractivity contribution in [3.63, 3.8) is 0 Å². The van der Waals surface area contributed by atoms with Gasteiger partial charge in [-0.2, -0.15) is 0 Å². The molecule has 0 amide bonds. The predicted molar refractivity (Wildman–Crippen MR) is 83.6 cm³/mol. The molecular weight excluding hydrogens is 382 g/mol. The molecule has 0 aliphatic rings. The molecule has 21 heavy (non-hydrogen) atoms. The summed E-state index contributed by atoms with van der Waals surface area (Å²) in [6.45, 7) is 0.120. The van der Waals surface area contributed by atoms with Gasteiger partial charge in [0.1, 0.15) is 4.90 Å². The lowest BCUT2D eigenvalue weighted by Crippen LogP contribution is -2.23. The van der Waals surface area contributed by atoms with Crippen LogP contribution >= 0.6 is 27.3 Å². The first-order chi connectivity index (χ1) is 9.79. The van der Waals surface area contributed by atoms with E-state index in [4.69, 9.17) is 5.73 Å². The topological polar surface area (TPSA) is 115 Å². The molecule has 10 heteroatoms. The van der Waals surface area contributed by atoms with Crippen LogP contribution in [0.2, 0.25) is 0 Å². The second-order valence-electron chi connectivity index (χ2n) is 4.01. The van der Waals surface area contributed by atoms with Gasteiger partial charge in [-0.15, -0.1) is 11.3 Å². The van der Waals surface area contributed by atoms with E-state index >= 15 is 0 Å². The second-order valence-corrected chi connectivity index (χ2v) is 8.29. The van der Waals surface area contributed by atoms with Gasteiger partial charge in [0.05, 0.1) is 14.4 Å². The third-order valence-corrected chi connectivity index (χ3v) is 5.66. The Labute approximate surface area is 133 Å². The number of nitrogen functional groups attached to an aromatic ring is 1. The van der Waals surface area contributed by atoms with Crippen LogP contribution in [0.15, 0.2) is 39.0 Å². The molecule has 2 aromatic rings. The highest BCUT2D eigenvalue weighted by Gasteiger charge is 2.20. The summed E-state index contributed by atoms with van der Waals surface area (Å²) in [7, 11) is -3.83. The summed E-state index contributed by atoms with van der Waals surface area (Å²) in [6, 6.07) is 6.86. The predicted octanol–water partition coefficient (Wildman–Crippen LogP) is 2.48. The van der Waals surface area contributed by atoms with Gasteiger partial charge in [-0.1, -0.05) is 0 Å². The van der Waals surface area contributed by atoms with Gasteiger partial charge in [0.25, 0.3) is 5.69 Å². The van der Waals surface area contributed by atoms with Crippen molar-refractivity contribution in [2.75, 3.05) is 5.73 Å². The Morgan fingerprint density at radius 3 is 2.57 bits per heavy atom. The molecule has 3 N–H and O–H groups in total. The maximum absolute atomic E-state index is 12.1. The summed E-state index contributed by atoms with van der Waals surface area (Å²) in [5.74, 6) is 0. The summed E-state index contributed by atoms with van der Waals surface area (Å²) < 4.78 is 27.6. The summed E-state index contributed by atoms with van der Waals surface area (Å²) in [4.78, 5) is 10.6. The number of hydrogen-bond donors (Lipinski definition) is 2. The van der Waals surface area contributed by atoms with Crippen molar-refractivity contribution in [1.29, 1.82) is 0 Å². The van der Waals surface area contributed by atoms with Crippen molar-refractivity contribution < 1.29 is 13.3 Å². The number of nitro groups is 1. The highest BCUT2D eigenvalue weighted by Crippen LogP contribution is 2.25. The minimum absolute atomic E-state index is 0.120. The fourth-order valence-electron chi connectivity index (χ4n) is 1.58. The number of nitrogens with zero attached hydrogens (tertiary/aromatic N) is 1. The Morgan fingerprint density at radius 2 is 2.05 bits per heavy atom. The van der Waals surface area contributed by atoms with E-state index in [1.54, 1.807) is 6.07 Å². The van der Waals surface area contributed by atoms with Gasteiger partial charge in [-0.25, -0.2) is 13.1 Å². The molecule has 0 spiro atoms. The maximum atomic E-state index is 12.1. The van der Waals surface area contributed by atoms with Gasteiger partial charge in [-0.3, -0.25) is 10.1 Å². The van der Waals surface area contributed by atoms with Crippen molar-refractivity contribution in [3.05, 3.63) is 49.1 Å². The molecule has 0 unspecified atom stereocenters. The molecule has 0 aliphatic carbocycles. The van der Waals surface area contributed by atoms with Crippen LogP contribution in [-0.4, -0.2) is 13.3 Å². The monoisotopic (exact) mass is 391 g/mol. The number of nitro benzene ring substituents is 1. The number of benzene rings is 1. The number of non-ortho nitro benzene ring substituents is 1. The van der Waals surface area contributed by atoms with E-state index in [0.29, 0.717) is 0 Å². The molecule has 2 rings (SSSR count). The van der Waals surface area contributed by atoms with Crippen LogP contribution in [0.3, 0.4) is 0 Å². The average Bonchev–Trinajstić information content (AvgIpc) is 2.82. The molecule has 0 saturated heterocycles. The first kappa shape index (κ1) is 15.9. The minimum Gasteiger partial charge on any atom is -0.397 e. The number of rotatable bonds is 5. The Hall–Kier alpha value is -1.49. The van der Waals surface area contributed by atoms with Crippen LogP contribution in [0.4, 0.5) is 11.4 Å². The second kappa shape index (κ2) is 6.10. The number of sulfonamides is 1. The van der Waals surface area contributed by atoms with Gasteiger partial charge >= 0.3 is 0 Å². The van der Waals surface area contributed by atoms with Crippen molar-refractivity contribution >= 4 is 48.7 Å². The molecule has 7 nitrogen and oxygen atoms in total. The first-order valence-corrected chi connectivity index (χ1v) is 8.66. The molecule has 0 atom stereocenters. The summed E-state index contributed by atoms with van der Waals surface area (Å²) in [5.41, 5.74) is 5.17. The lowest BCUT2D eigenvalue weighted by Gasteiger charge is -2.08. The molecule has 0 fully saturated rings. The molecule has 0 saturated carbocycles. The zero-order valence-corrected chi connectivity index (χ0v) is 13.7. The zero-order valence-electron chi connectivity index (χ0n) is 10.4. The van der Waals surface area contributed by atoms with Crippen LogP contribution in [0, 0.1) is 10.1 Å². The summed E-state index contributed by atoms with van der Waals surface area (Å²) >= 11 is 4.69. The number of nitrogens with one attached hydrogen (secondary N) is 1. The zero-order chi connectivity index (χ0) is 15.6. The Kier molecular flexibility index (Phi) is 4.61. The molecule has 0 aliphatic heterocycles. The van der Waals surface area contributed by atoms with Gasteiger partial charge in [0.2, 0.25) is 10.0 Å². The van der Waals surface area contributed by atoms with Gasteiger partial charge in [0, 0.05) is 23.6 Å². The van der Waals surface area contributed by atoms with E-state index in [2.05, 4.69) is 20.7 Å². The van der Waals surface area contributed by atoms with Crippen LogP contribution in [0.25, 0.3) is 0 Å². The molecule has 1 heterocycles. The first-order valence-electron chi connectivity index (χ1n) is 5.57. The molecule has 1 aromatic heterocycles. The largest absolute Gasteiger partial charge is 0.397 e. The third kappa shape index (κ3) is 3.79. The fraction of sp³-hybridized carbons (Fsp3) is 0.0909. The molecule has 0 radical (unpaired) electrons. The maximum Gasteiger partial charge on any atom is 0.271 e. The molecule has 112 valence electrons. The summed E-state index contributed by atoms with van der Waals surface area (Å²) in [6.07, 6.45) is 0. The number of thiophene rings is 1. The average molecular weight is 392 g/mol. The van der Waals surface area contributed by atoms with Crippen LogP contribution in [-0.2, 0) is 16.6 Å². The Balaban J connectivity index is 2.21. The quantitative estimate of drug-likeness (QED) is 0.461. The van der Waals surface area contributed by atoms with E-state index in [1.807, 2.05) is 6.07 Å². The highest BCUT2D eigenvalue weighted by atomic mass is 79.9. The smallest absolute Gasteiger partial charge is 0.271 e. The molecule has 1 aromatic carbocycles. The van der Waals surface area contributed by atoms with E-state index in [9.17, 15) is 18.5 Å². The number of nitrogens with two attached hydrogens (primary N) is 1. The fourth-order valence-corrected chi connectivity index (χ4v) is 4.22. The van der Waals surface area contributed by atoms with Crippen LogP contribution < -0.4 is 10.5 Å². The molecular formula is C11H10BrN3O4S2. The lowest BCUT2D eigenvalue weighted by atomic mass is 10.3. The lowest BCUT2D eigenvalue weighted by molar-refractivity contribution is -0.384. The standard InChI is InChI=1S/C11H10BrN3O4S2/c12-11-4-2-8(20-11)6-14-21(18,19)10-3-1-7(15(16)17)5-9(10)13/h1-5,14H,6,13H2. The van der Waals surface area contributed by atoms with E-state index < -0.39 is 14.9 Å². The van der Waals surface area contributed by atoms with E-state index in [0.717, 1.165) is 26.9 Å². The van der Waals surface area contributed by atoms with Gasteiger partial charge in [-0.05, 0) is 34.1 Å². The van der Waals surface area contributed by atoms with Crippen molar-refractivity contribution in [2.45, 2.75) is 11.4 Å². The third-order valence-electron chi connectivity index (χ3n) is 2.56. The Bertz CT molecular complexity index is 789. The number of anilines is 1. The molecule has 0 bridgehead atoms. The number of halogens is 1. The van der Waals surface area contributed by atoms with Gasteiger partial charge < -0.3 is 5.73 Å². The van der Waals surface area contributed by atoms with Crippen LogP contribution in [0.5, 0.6) is 0 Å². The van der Waals surface area contributed by atoms with E-state index in [1.165, 1.54) is 11.3 Å². The normalized spacial score (nSPS) is 11.5. The highest BCUT2D eigenvalue weighted by molar-refractivity contribution is 9.11. The minimum atomic E-state index is -3.83. The Morgan fingerprint density at radius 1 is 1.33 bits per heavy atom. The SMILES string of the molecule is Nc1cc([N+](=O)[O-])ccc1S(=O)(=O)NCc1ccc(Br)s1. The van der Waals surface area contributed by atoms with E-state index in [-0.39, 0.29) is 22.8 Å². The van der Waals surface area contributed by atoms with Crippen molar-refractivity contribution in [2.24, 2.45) is 0 Å². The van der Waals surface area contributed by atoms with Crippen molar-refractivity contribution in [1.82, 2.24) is 4.72 Å².